The van der Waals surface area contributed by atoms with Crippen LogP contribution in [0, 0.1) is 0 Å². The Kier molecular flexibility index (Phi) is 6.09. The Morgan fingerprint density at radius 1 is 0.926 bits per heavy atom. The van der Waals surface area contributed by atoms with E-state index in [9.17, 15) is 26.3 Å². The zero-order chi connectivity index (χ0) is 20.2. The summed E-state index contributed by atoms with van der Waals surface area (Å²) in [6, 6.07) is 9.21. The lowest BCUT2D eigenvalue weighted by Crippen LogP contribution is -2.26. The van der Waals surface area contributed by atoms with Crippen LogP contribution in [0.5, 0.6) is 0 Å². The highest BCUT2D eigenvalue weighted by Gasteiger charge is 2.33. The van der Waals surface area contributed by atoms with Crippen molar-refractivity contribution >= 4 is 28.7 Å². The van der Waals surface area contributed by atoms with Crippen LogP contribution in [0.1, 0.15) is 23.6 Å². The second-order valence-electron chi connectivity index (χ2n) is 5.39. The van der Waals surface area contributed by atoms with Gasteiger partial charge in [0.15, 0.2) is 5.11 Å². The molecule has 3 nitrogen and oxygen atoms in total. The fraction of sp³-hybridized carbons (Fsp3) is 0.176. The van der Waals surface area contributed by atoms with E-state index in [1.807, 2.05) is 0 Å². The molecular weight excluding hydrogens is 392 g/mol. The third-order valence-corrected chi connectivity index (χ3v) is 3.61. The minimum absolute atomic E-state index is 0.175. The maximum absolute atomic E-state index is 12.9. The van der Waals surface area contributed by atoms with Gasteiger partial charge in [-0.1, -0.05) is 24.3 Å². The number of benzene rings is 2. The Morgan fingerprint density at radius 3 is 2.22 bits per heavy atom. The van der Waals surface area contributed by atoms with E-state index in [1.165, 1.54) is 37.3 Å². The molecule has 0 saturated carbocycles. The first kappa shape index (κ1) is 20.7. The van der Waals surface area contributed by atoms with E-state index in [0.29, 0.717) is 0 Å². The lowest BCUT2D eigenvalue weighted by Gasteiger charge is -2.14. The highest BCUT2D eigenvalue weighted by molar-refractivity contribution is 7.80. The molecule has 27 heavy (non-hydrogen) atoms. The minimum Gasteiger partial charge on any atom is -0.331 e. The number of halogens is 6. The van der Waals surface area contributed by atoms with Gasteiger partial charge in [0.2, 0.25) is 0 Å². The van der Waals surface area contributed by atoms with Crippen LogP contribution in [0.25, 0.3) is 0 Å². The molecule has 0 amide bonds. The van der Waals surface area contributed by atoms with Crippen LogP contribution in [0.4, 0.5) is 32.0 Å². The van der Waals surface area contributed by atoms with Gasteiger partial charge in [-0.2, -0.15) is 31.4 Å². The van der Waals surface area contributed by atoms with Gasteiger partial charge in [0.1, 0.15) is 0 Å². The van der Waals surface area contributed by atoms with E-state index in [-0.39, 0.29) is 22.1 Å². The molecule has 2 aromatic rings. The zero-order valence-corrected chi connectivity index (χ0v) is 14.6. The summed E-state index contributed by atoms with van der Waals surface area (Å²) in [5.41, 5.74) is 0.675. The van der Waals surface area contributed by atoms with E-state index in [2.05, 4.69) is 15.8 Å². The van der Waals surface area contributed by atoms with Crippen molar-refractivity contribution in [1.29, 1.82) is 0 Å². The Hall–Kier alpha value is -2.62. The predicted molar refractivity (Wildman–Crippen MR) is 94.5 cm³/mol. The number of hydrazone groups is 1. The number of rotatable bonds is 3. The third kappa shape index (κ3) is 5.68. The van der Waals surface area contributed by atoms with Crippen molar-refractivity contribution in [1.82, 2.24) is 5.43 Å². The number of nitrogens with zero attached hydrogens (tertiary/aromatic N) is 1. The maximum atomic E-state index is 12.9. The molecule has 2 rings (SSSR count). The molecule has 144 valence electrons. The molecule has 0 saturated heterocycles. The van der Waals surface area contributed by atoms with Crippen molar-refractivity contribution in [2.24, 2.45) is 5.10 Å². The van der Waals surface area contributed by atoms with Crippen LogP contribution in [-0.2, 0) is 12.4 Å². The average Bonchev–Trinajstić information content (AvgIpc) is 2.58. The van der Waals surface area contributed by atoms with Crippen LogP contribution in [-0.4, -0.2) is 10.8 Å². The summed E-state index contributed by atoms with van der Waals surface area (Å²) in [5, 5.41) is 5.95. The van der Waals surface area contributed by atoms with Crippen molar-refractivity contribution < 1.29 is 26.3 Å². The molecule has 0 radical (unpaired) electrons. The molecule has 0 aromatic heterocycles. The summed E-state index contributed by atoms with van der Waals surface area (Å²) >= 11 is 4.90. The molecular formula is C17H13F6N3S. The number of para-hydroxylation sites is 1. The molecule has 0 aliphatic carbocycles. The van der Waals surface area contributed by atoms with Crippen molar-refractivity contribution in [2.45, 2.75) is 19.3 Å². The molecule has 0 atom stereocenters. The van der Waals surface area contributed by atoms with Gasteiger partial charge in [-0.15, -0.1) is 0 Å². The molecule has 2 N–H and O–H groups in total. The summed E-state index contributed by atoms with van der Waals surface area (Å²) < 4.78 is 77.1. The Bertz CT molecular complexity index is 858. The first-order valence-electron chi connectivity index (χ1n) is 7.43. The largest absolute Gasteiger partial charge is 0.418 e. The van der Waals surface area contributed by atoms with Gasteiger partial charge in [0.05, 0.1) is 22.5 Å². The third-order valence-electron chi connectivity index (χ3n) is 3.41. The van der Waals surface area contributed by atoms with Crippen LogP contribution in [0.3, 0.4) is 0 Å². The van der Waals surface area contributed by atoms with Gasteiger partial charge >= 0.3 is 12.4 Å². The normalized spacial score (nSPS) is 12.6. The Labute approximate surface area is 156 Å². The lowest BCUT2D eigenvalue weighted by molar-refractivity contribution is -0.138. The first-order chi connectivity index (χ1) is 12.5. The Balaban J connectivity index is 2.12. The first-order valence-corrected chi connectivity index (χ1v) is 7.84. The summed E-state index contributed by atoms with van der Waals surface area (Å²) in [6.07, 6.45) is -9.07. The number of hydrogen-bond donors (Lipinski definition) is 2. The van der Waals surface area contributed by atoms with Crippen LogP contribution in [0.2, 0.25) is 0 Å². The number of nitrogens with one attached hydrogen (secondary N) is 2. The van der Waals surface area contributed by atoms with Crippen molar-refractivity contribution in [2.75, 3.05) is 5.32 Å². The highest BCUT2D eigenvalue weighted by atomic mass is 32.1. The van der Waals surface area contributed by atoms with Gasteiger partial charge in [0.25, 0.3) is 0 Å². The van der Waals surface area contributed by atoms with Gasteiger partial charge in [-0.3, -0.25) is 5.43 Å². The smallest absolute Gasteiger partial charge is 0.331 e. The van der Waals surface area contributed by atoms with Crippen LogP contribution >= 0.6 is 12.2 Å². The van der Waals surface area contributed by atoms with E-state index in [4.69, 9.17) is 12.2 Å². The summed E-state index contributed by atoms with van der Waals surface area (Å²) in [5.74, 6) is 0. The number of thiocarbonyl (C=S) groups is 1. The molecule has 2 aromatic carbocycles. The fourth-order valence-corrected chi connectivity index (χ4v) is 2.26. The number of hydrogen-bond acceptors (Lipinski definition) is 2. The van der Waals surface area contributed by atoms with Gasteiger partial charge < -0.3 is 5.32 Å². The van der Waals surface area contributed by atoms with Gasteiger partial charge in [-0.25, -0.2) is 0 Å². The number of alkyl halides is 6. The molecule has 0 fully saturated rings. The fourth-order valence-electron chi connectivity index (χ4n) is 2.11. The molecule has 0 heterocycles. The predicted octanol–water partition coefficient (Wildman–Crippen LogP) is 5.43. The monoisotopic (exact) mass is 405 g/mol. The Morgan fingerprint density at radius 2 is 1.59 bits per heavy atom. The molecule has 0 bridgehead atoms. The zero-order valence-electron chi connectivity index (χ0n) is 13.7. The summed E-state index contributed by atoms with van der Waals surface area (Å²) in [4.78, 5) is 0. The second-order valence-corrected chi connectivity index (χ2v) is 5.79. The van der Waals surface area contributed by atoms with Crippen LogP contribution < -0.4 is 10.7 Å². The molecule has 0 aliphatic rings. The van der Waals surface area contributed by atoms with E-state index >= 15 is 0 Å². The standard InChI is InChI=1S/C17H13F6N3S/c1-10(11-5-4-6-12(9-11)16(18,19)20)25-26-15(27)24-14-8-3-2-7-13(14)17(21,22)23/h2-9H,1H3,(H2,24,26,27)/b25-10-. The lowest BCUT2D eigenvalue weighted by atomic mass is 10.1. The van der Waals surface area contributed by atoms with E-state index < -0.39 is 23.5 Å². The quantitative estimate of drug-likeness (QED) is 0.309. The number of anilines is 1. The molecule has 0 spiro atoms. The molecule has 10 heteroatoms. The summed E-state index contributed by atoms with van der Waals surface area (Å²) in [7, 11) is 0. The minimum atomic E-state index is -4.57. The topological polar surface area (TPSA) is 36.4 Å². The second kappa shape index (κ2) is 7.95. The summed E-state index contributed by atoms with van der Waals surface area (Å²) in [6.45, 7) is 1.44. The maximum Gasteiger partial charge on any atom is 0.418 e. The van der Waals surface area contributed by atoms with Crippen molar-refractivity contribution in [3.05, 3.63) is 65.2 Å². The SMILES string of the molecule is C/C(=N/NC(=S)Nc1ccccc1C(F)(F)F)c1cccc(C(F)(F)F)c1. The average molecular weight is 405 g/mol. The van der Waals surface area contributed by atoms with Gasteiger partial charge in [-0.05, 0) is 49.0 Å². The van der Waals surface area contributed by atoms with Crippen LogP contribution in [0.15, 0.2) is 53.6 Å². The molecule has 0 aliphatic heterocycles. The highest BCUT2D eigenvalue weighted by Crippen LogP contribution is 2.34. The van der Waals surface area contributed by atoms with E-state index in [1.54, 1.807) is 0 Å². The molecule has 0 unspecified atom stereocenters. The van der Waals surface area contributed by atoms with Crippen molar-refractivity contribution in [3.63, 3.8) is 0 Å². The van der Waals surface area contributed by atoms with Crippen molar-refractivity contribution in [3.8, 4) is 0 Å². The van der Waals surface area contributed by atoms with E-state index in [0.717, 1.165) is 18.2 Å². The van der Waals surface area contributed by atoms with Gasteiger partial charge in [0, 0.05) is 0 Å².